The van der Waals surface area contributed by atoms with Crippen LogP contribution in [0.2, 0.25) is 0 Å². The number of hydrogen-bond acceptors (Lipinski definition) is 4. The Hall–Kier alpha value is -0.940. The lowest BCUT2D eigenvalue weighted by Crippen LogP contribution is -2.46. The molecule has 4 heteroatoms. The molecule has 2 aliphatic rings. The summed E-state index contributed by atoms with van der Waals surface area (Å²) in [4.78, 5) is 0. The van der Waals surface area contributed by atoms with Gasteiger partial charge in [0.05, 0.1) is 0 Å². The number of nitrogens with two attached hydrogens (primary N) is 2. The minimum atomic E-state index is 0.321. The number of benzene rings is 1. The van der Waals surface area contributed by atoms with Gasteiger partial charge in [-0.15, -0.1) is 0 Å². The van der Waals surface area contributed by atoms with Crippen molar-refractivity contribution in [2.45, 2.75) is 88.6 Å². The molecule has 24 heavy (non-hydrogen) atoms. The van der Waals surface area contributed by atoms with Crippen molar-refractivity contribution in [3.8, 4) is 0 Å². The fourth-order valence-corrected chi connectivity index (χ4v) is 4.10. The molecule has 0 spiro atoms. The molecule has 2 fully saturated rings. The Morgan fingerprint density at radius 2 is 1.04 bits per heavy atom. The Bertz CT molecular complexity index is 442. The van der Waals surface area contributed by atoms with Crippen LogP contribution in [0.3, 0.4) is 0 Å². The monoisotopic (exact) mass is 330 g/mol. The van der Waals surface area contributed by atoms with Gasteiger partial charge in [-0.1, -0.05) is 49.9 Å². The Balaban J connectivity index is 1.43. The largest absolute Gasteiger partial charge is 0.326 e. The van der Waals surface area contributed by atoms with E-state index in [1.807, 2.05) is 0 Å². The van der Waals surface area contributed by atoms with Crippen LogP contribution in [0.25, 0.3) is 0 Å². The molecule has 1 aromatic carbocycles. The van der Waals surface area contributed by atoms with Gasteiger partial charge in [0.1, 0.15) is 0 Å². The predicted molar refractivity (Wildman–Crippen MR) is 101 cm³/mol. The van der Waals surface area contributed by atoms with Crippen LogP contribution in [0.1, 0.15) is 62.5 Å². The quantitative estimate of drug-likeness (QED) is 0.646. The molecule has 0 aliphatic heterocycles. The summed E-state index contributed by atoms with van der Waals surface area (Å²) in [6.45, 7) is 1.83. The molecule has 3 rings (SSSR count). The fraction of sp³-hybridized carbons (Fsp3) is 0.700. The maximum Gasteiger partial charge on any atom is 0.0222 e. The van der Waals surface area contributed by atoms with Crippen molar-refractivity contribution in [1.82, 2.24) is 10.6 Å². The van der Waals surface area contributed by atoms with Gasteiger partial charge in [0, 0.05) is 37.3 Å². The zero-order valence-corrected chi connectivity index (χ0v) is 14.8. The normalized spacial score (nSPS) is 31.1. The number of nitrogens with one attached hydrogen (secondary N) is 2. The van der Waals surface area contributed by atoms with E-state index in [0.29, 0.717) is 24.2 Å². The highest BCUT2D eigenvalue weighted by atomic mass is 15.0. The summed E-state index contributed by atoms with van der Waals surface area (Å²) in [5.74, 6) is 0. The summed E-state index contributed by atoms with van der Waals surface area (Å²) in [5, 5.41) is 7.28. The highest BCUT2D eigenvalue weighted by Crippen LogP contribution is 2.18. The third-order valence-corrected chi connectivity index (χ3v) is 5.80. The minimum absolute atomic E-state index is 0.321. The number of rotatable bonds is 6. The van der Waals surface area contributed by atoms with Crippen molar-refractivity contribution in [1.29, 1.82) is 0 Å². The molecule has 0 saturated heterocycles. The molecule has 4 atom stereocenters. The van der Waals surface area contributed by atoms with Crippen molar-refractivity contribution in [2.24, 2.45) is 11.5 Å². The van der Waals surface area contributed by atoms with Crippen LogP contribution in [0, 0.1) is 0 Å². The van der Waals surface area contributed by atoms with Gasteiger partial charge in [-0.3, -0.25) is 0 Å². The van der Waals surface area contributed by atoms with Crippen LogP contribution in [0.5, 0.6) is 0 Å². The Morgan fingerprint density at radius 3 is 1.42 bits per heavy atom. The molecule has 4 nitrogen and oxygen atoms in total. The first-order chi connectivity index (χ1) is 11.7. The predicted octanol–water partition coefficient (Wildman–Crippen LogP) is 2.41. The SMILES string of the molecule is N[C@@H]1CCCC[C@H]1NCc1ccc(CN[C@H]2CCCC[C@@H]2N)cc1. The second-order valence-corrected chi connectivity index (χ2v) is 7.69. The average Bonchev–Trinajstić information content (AvgIpc) is 2.61. The van der Waals surface area contributed by atoms with E-state index in [4.69, 9.17) is 11.5 Å². The highest BCUT2D eigenvalue weighted by Gasteiger charge is 2.21. The van der Waals surface area contributed by atoms with Crippen LogP contribution in [0.15, 0.2) is 24.3 Å². The van der Waals surface area contributed by atoms with Gasteiger partial charge in [0.15, 0.2) is 0 Å². The smallest absolute Gasteiger partial charge is 0.0222 e. The summed E-state index contributed by atoms with van der Waals surface area (Å²) in [6.07, 6.45) is 9.92. The van der Waals surface area contributed by atoms with Gasteiger partial charge in [-0.2, -0.15) is 0 Å². The topological polar surface area (TPSA) is 76.1 Å². The Morgan fingerprint density at radius 1 is 0.667 bits per heavy atom. The molecule has 134 valence electrons. The first kappa shape index (κ1) is 17.9. The van der Waals surface area contributed by atoms with E-state index in [0.717, 1.165) is 25.9 Å². The Kier molecular flexibility index (Phi) is 6.67. The molecule has 0 radical (unpaired) electrons. The average molecular weight is 331 g/mol. The summed E-state index contributed by atoms with van der Waals surface area (Å²) in [7, 11) is 0. The van der Waals surface area contributed by atoms with E-state index < -0.39 is 0 Å². The lowest BCUT2D eigenvalue weighted by Gasteiger charge is -2.30. The van der Waals surface area contributed by atoms with E-state index in [9.17, 15) is 0 Å². The van der Waals surface area contributed by atoms with Crippen LogP contribution in [-0.4, -0.2) is 24.2 Å². The molecule has 0 heterocycles. The first-order valence-corrected chi connectivity index (χ1v) is 9.78. The third-order valence-electron chi connectivity index (χ3n) is 5.80. The van der Waals surface area contributed by atoms with Crippen molar-refractivity contribution < 1.29 is 0 Å². The Labute approximate surface area is 146 Å². The fourth-order valence-electron chi connectivity index (χ4n) is 4.10. The van der Waals surface area contributed by atoms with Crippen molar-refractivity contribution in [3.05, 3.63) is 35.4 Å². The molecule has 6 N–H and O–H groups in total. The van der Waals surface area contributed by atoms with E-state index in [1.54, 1.807) is 0 Å². The standard InChI is InChI=1S/C20H34N4/c21-17-5-1-3-7-19(17)23-13-15-9-11-16(12-10-15)14-24-20-8-4-2-6-18(20)22/h9-12,17-20,23-24H,1-8,13-14,21-22H2/t17-,18+,19-,20+. The molecule has 0 amide bonds. The van der Waals surface area contributed by atoms with Crippen molar-refractivity contribution >= 4 is 0 Å². The number of hydrogen-bond donors (Lipinski definition) is 4. The zero-order chi connectivity index (χ0) is 16.8. The summed E-state index contributed by atoms with van der Waals surface area (Å²) < 4.78 is 0. The summed E-state index contributed by atoms with van der Waals surface area (Å²) in [6, 6.07) is 10.5. The van der Waals surface area contributed by atoms with E-state index in [1.165, 1.54) is 49.7 Å². The molecule has 1 aromatic rings. The molecular weight excluding hydrogens is 296 g/mol. The van der Waals surface area contributed by atoms with Gasteiger partial charge in [0.2, 0.25) is 0 Å². The molecule has 0 aromatic heterocycles. The molecule has 0 unspecified atom stereocenters. The molecule has 2 saturated carbocycles. The second kappa shape index (κ2) is 8.95. The van der Waals surface area contributed by atoms with Gasteiger partial charge < -0.3 is 22.1 Å². The van der Waals surface area contributed by atoms with Gasteiger partial charge in [-0.05, 0) is 36.8 Å². The van der Waals surface area contributed by atoms with Crippen molar-refractivity contribution in [2.75, 3.05) is 0 Å². The lowest BCUT2D eigenvalue weighted by atomic mass is 9.91. The van der Waals surface area contributed by atoms with Crippen LogP contribution in [-0.2, 0) is 13.1 Å². The van der Waals surface area contributed by atoms with Crippen LogP contribution >= 0.6 is 0 Å². The summed E-state index contributed by atoms with van der Waals surface area (Å²) >= 11 is 0. The maximum atomic E-state index is 6.21. The third kappa shape index (κ3) is 5.03. The van der Waals surface area contributed by atoms with Gasteiger partial charge >= 0.3 is 0 Å². The zero-order valence-electron chi connectivity index (χ0n) is 14.8. The van der Waals surface area contributed by atoms with Crippen molar-refractivity contribution in [3.63, 3.8) is 0 Å². The second-order valence-electron chi connectivity index (χ2n) is 7.69. The highest BCUT2D eigenvalue weighted by molar-refractivity contribution is 5.22. The first-order valence-electron chi connectivity index (χ1n) is 9.78. The minimum Gasteiger partial charge on any atom is -0.326 e. The van der Waals surface area contributed by atoms with Gasteiger partial charge in [-0.25, -0.2) is 0 Å². The van der Waals surface area contributed by atoms with Gasteiger partial charge in [0.25, 0.3) is 0 Å². The van der Waals surface area contributed by atoms with E-state index in [2.05, 4.69) is 34.9 Å². The molecule has 2 aliphatic carbocycles. The summed E-state index contributed by atoms with van der Waals surface area (Å²) in [5.41, 5.74) is 15.1. The molecular formula is C20H34N4. The van der Waals surface area contributed by atoms with E-state index in [-0.39, 0.29) is 0 Å². The lowest BCUT2D eigenvalue weighted by molar-refractivity contribution is 0.326. The van der Waals surface area contributed by atoms with E-state index >= 15 is 0 Å². The maximum absolute atomic E-state index is 6.21. The van der Waals surface area contributed by atoms with Crippen LogP contribution < -0.4 is 22.1 Å². The molecule has 0 bridgehead atoms. The van der Waals surface area contributed by atoms with Crippen LogP contribution in [0.4, 0.5) is 0 Å².